The second kappa shape index (κ2) is 8.66. The molecule has 6 nitrogen and oxygen atoms in total. The zero-order chi connectivity index (χ0) is 16.8. The lowest BCUT2D eigenvalue weighted by Gasteiger charge is -2.29. The molecule has 0 radical (unpaired) electrons. The average molecular weight is 324 g/mol. The van der Waals surface area contributed by atoms with Gasteiger partial charge in [-0.15, -0.1) is 0 Å². The van der Waals surface area contributed by atoms with Crippen molar-refractivity contribution < 1.29 is 9.84 Å². The van der Waals surface area contributed by atoms with Crippen LogP contribution in [-0.4, -0.2) is 53.8 Å². The number of ether oxygens (including phenoxy) is 1. The van der Waals surface area contributed by atoms with Gasteiger partial charge >= 0.3 is 0 Å². The monoisotopic (exact) mass is 324 g/mol. The summed E-state index contributed by atoms with van der Waals surface area (Å²) < 4.78 is 7.49. The summed E-state index contributed by atoms with van der Waals surface area (Å²) in [5, 5.41) is 17.9. The van der Waals surface area contributed by atoms with Gasteiger partial charge in [-0.1, -0.05) is 20.8 Å². The Morgan fingerprint density at radius 1 is 1.30 bits per heavy atom. The molecule has 0 amide bonds. The van der Waals surface area contributed by atoms with Gasteiger partial charge in [-0.2, -0.15) is 5.10 Å². The van der Waals surface area contributed by atoms with Gasteiger partial charge in [0.05, 0.1) is 25.0 Å². The Labute approximate surface area is 139 Å². The van der Waals surface area contributed by atoms with Gasteiger partial charge in [0.2, 0.25) is 0 Å². The van der Waals surface area contributed by atoms with Crippen LogP contribution >= 0.6 is 0 Å². The molecule has 0 bridgehead atoms. The molecule has 1 aromatic heterocycles. The number of hydrogen-bond acceptors (Lipinski definition) is 5. The SMILES string of the molecule is CCC(O)CCNCc1c(C(C)C)nn(C)c1N1CCOCC1. The highest BCUT2D eigenvalue weighted by Crippen LogP contribution is 2.28. The van der Waals surface area contributed by atoms with Gasteiger partial charge in [0.25, 0.3) is 0 Å². The van der Waals surface area contributed by atoms with E-state index < -0.39 is 0 Å². The minimum absolute atomic E-state index is 0.209. The van der Waals surface area contributed by atoms with E-state index in [-0.39, 0.29) is 6.10 Å². The van der Waals surface area contributed by atoms with Crippen LogP contribution in [0.5, 0.6) is 0 Å². The van der Waals surface area contributed by atoms with Gasteiger partial charge in [0, 0.05) is 32.2 Å². The van der Waals surface area contributed by atoms with Crippen LogP contribution in [0, 0.1) is 0 Å². The molecule has 0 saturated carbocycles. The van der Waals surface area contributed by atoms with Crippen molar-refractivity contribution in [1.29, 1.82) is 0 Å². The smallest absolute Gasteiger partial charge is 0.131 e. The molecule has 0 aromatic carbocycles. The van der Waals surface area contributed by atoms with E-state index in [9.17, 15) is 5.11 Å². The Morgan fingerprint density at radius 3 is 2.61 bits per heavy atom. The molecule has 1 unspecified atom stereocenters. The molecule has 132 valence electrons. The molecule has 1 aliphatic heterocycles. The van der Waals surface area contributed by atoms with E-state index in [2.05, 4.69) is 24.1 Å². The Bertz CT molecular complexity index is 481. The summed E-state index contributed by atoms with van der Waals surface area (Å²) in [5.74, 6) is 1.61. The van der Waals surface area contributed by atoms with Crippen molar-refractivity contribution in [3.63, 3.8) is 0 Å². The van der Waals surface area contributed by atoms with E-state index in [4.69, 9.17) is 9.84 Å². The van der Waals surface area contributed by atoms with E-state index in [1.807, 2.05) is 18.7 Å². The van der Waals surface area contributed by atoms with Crippen LogP contribution in [0.25, 0.3) is 0 Å². The molecule has 1 fully saturated rings. The molecule has 2 heterocycles. The largest absolute Gasteiger partial charge is 0.393 e. The van der Waals surface area contributed by atoms with Crippen LogP contribution in [0.15, 0.2) is 0 Å². The minimum atomic E-state index is -0.209. The van der Waals surface area contributed by atoms with Crippen molar-refractivity contribution in [2.24, 2.45) is 7.05 Å². The zero-order valence-corrected chi connectivity index (χ0v) is 15.0. The number of rotatable bonds is 8. The first kappa shape index (κ1) is 18.2. The number of aliphatic hydroxyl groups excluding tert-OH is 1. The first-order chi connectivity index (χ1) is 11.0. The maximum atomic E-state index is 9.68. The second-order valence-corrected chi connectivity index (χ2v) is 6.59. The van der Waals surface area contributed by atoms with Crippen molar-refractivity contribution >= 4 is 5.82 Å². The Hall–Kier alpha value is -1.11. The first-order valence-corrected chi connectivity index (χ1v) is 8.81. The van der Waals surface area contributed by atoms with E-state index in [0.717, 1.165) is 57.9 Å². The van der Waals surface area contributed by atoms with Crippen LogP contribution in [0.4, 0.5) is 5.82 Å². The molecular formula is C17H32N4O2. The molecule has 0 aliphatic carbocycles. The highest BCUT2D eigenvalue weighted by atomic mass is 16.5. The molecule has 1 atom stereocenters. The summed E-state index contributed by atoms with van der Waals surface area (Å²) in [4.78, 5) is 2.38. The fraction of sp³-hybridized carbons (Fsp3) is 0.824. The zero-order valence-electron chi connectivity index (χ0n) is 15.0. The van der Waals surface area contributed by atoms with E-state index in [1.165, 1.54) is 11.4 Å². The lowest BCUT2D eigenvalue weighted by molar-refractivity contribution is 0.122. The first-order valence-electron chi connectivity index (χ1n) is 8.81. The lowest BCUT2D eigenvalue weighted by Crippen LogP contribution is -2.38. The molecular weight excluding hydrogens is 292 g/mol. The van der Waals surface area contributed by atoms with E-state index in [1.54, 1.807) is 0 Å². The van der Waals surface area contributed by atoms with Crippen LogP contribution < -0.4 is 10.2 Å². The van der Waals surface area contributed by atoms with Crippen LogP contribution in [0.1, 0.15) is 50.8 Å². The van der Waals surface area contributed by atoms with Gasteiger partial charge in [-0.3, -0.25) is 4.68 Å². The highest BCUT2D eigenvalue weighted by molar-refractivity contribution is 5.51. The number of aryl methyl sites for hydroxylation is 1. The predicted octanol–water partition coefficient (Wildman–Crippen LogP) is 1.63. The number of aliphatic hydroxyl groups is 1. The molecule has 1 saturated heterocycles. The predicted molar refractivity (Wildman–Crippen MR) is 93.0 cm³/mol. The van der Waals surface area contributed by atoms with Crippen molar-refractivity contribution in [2.75, 3.05) is 37.7 Å². The maximum absolute atomic E-state index is 9.68. The fourth-order valence-electron chi connectivity index (χ4n) is 3.07. The van der Waals surface area contributed by atoms with E-state index in [0.29, 0.717) is 5.92 Å². The molecule has 1 aromatic rings. The highest BCUT2D eigenvalue weighted by Gasteiger charge is 2.23. The van der Waals surface area contributed by atoms with Gasteiger partial charge in [0.1, 0.15) is 5.82 Å². The van der Waals surface area contributed by atoms with Crippen LogP contribution in [0.3, 0.4) is 0 Å². The third-order valence-electron chi connectivity index (χ3n) is 4.43. The summed E-state index contributed by atoms with van der Waals surface area (Å²) in [6, 6.07) is 0. The lowest BCUT2D eigenvalue weighted by atomic mass is 10.0. The summed E-state index contributed by atoms with van der Waals surface area (Å²) >= 11 is 0. The van der Waals surface area contributed by atoms with Crippen LogP contribution in [-0.2, 0) is 18.3 Å². The second-order valence-electron chi connectivity index (χ2n) is 6.59. The quantitative estimate of drug-likeness (QED) is 0.712. The molecule has 0 spiro atoms. The molecule has 2 N–H and O–H groups in total. The van der Waals surface area contributed by atoms with Crippen molar-refractivity contribution in [3.8, 4) is 0 Å². The number of nitrogens with zero attached hydrogens (tertiary/aromatic N) is 3. The number of anilines is 1. The summed E-state index contributed by atoms with van der Waals surface area (Å²) in [6.07, 6.45) is 1.39. The van der Waals surface area contributed by atoms with Crippen molar-refractivity contribution in [1.82, 2.24) is 15.1 Å². The average Bonchev–Trinajstić information content (AvgIpc) is 2.88. The fourth-order valence-corrected chi connectivity index (χ4v) is 3.07. The van der Waals surface area contributed by atoms with Crippen molar-refractivity contribution in [2.45, 2.75) is 52.2 Å². The van der Waals surface area contributed by atoms with Crippen molar-refractivity contribution in [3.05, 3.63) is 11.3 Å². The normalized spacial score (nSPS) is 17.0. The number of nitrogens with one attached hydrogen (secondary N) is 1. The van der Waals surface area contributed by atoms with Gasteiger partial charge in [-0.25, -0.2) is 0 Å². The maximum Gasteiger partial charge on any atom is 0.131 e. The standard InChI is InChI=1S/C17H32N4O2/c1-5-14(22)6-7-18-12-15-16(13(2)3)19-20(4)17(15)21-8-10-23-11-9-21/h13-14,18,22H,5-12H2,1-4H3. The number of morpholine rings is 1. The Balaban J connectivity index is 2.10. The van der Waals surface area contributed by atoms with E-state index >= 15 is 0 Å². The summed E-state index contributed by atoms with van der Waals surface area (Å²) in [7, 11) is 2.03. The molecule has 23 heavy (non-hydrogen) atoms. The van der Waals surface area contributed by atoms with Gasteiger partial charge < -0.3 is 20.1 Å². The minimum Gasteiger partial charge on any atom is -0.393 e. The Kier molecular flexibility index (Phi) is 6.87. The third kappa shape index (κ3) is 4.68. The molecule has 6 heteroatoms. The summed E-state index contributed by atoms with van der Waals surface area (Å²) in [6.45, 7) is 11.4. The Morgan fingerprint density at radius 2 is 2.00 bits per heavy atom. The van der Waals surface area contributed by atoms with Gasteiger partial charge in [0.15, 0.2) is 0 Å². The molecule has 1 aliphatic rings. The third-order valence-corrected chi connectivity index (χ3v) is 4.43. The summed E-state index contributed by atoms with van der Waals surface area (Å²) in [5.41, 5.74) is 2.45. The number of aromatic nitrogens is 2. The van der Waals surface area contributed by atoms with Crippen LogP contribution in [0.2, 0.25) is 0 Å². The molecule has 2 rings (SSSR count). The number of hydrogen-bond donors (Lipinski definition) is 2. The van der Waals surface area contributed by atoms with Gasteiger partial charge in [-0.05, 0) is 25.3 Å². The topological polar surface area (TPSA) is 62.5 Å².